The van der Waals surface area contributed by atoms with Gasteiger partial charge in [0.15, 0.2) is 6.61 Å². The van der Waals surface area contributed by atoms with Crippen LogP contribution in [0.15, 0.2) is 24.3 Å². The largest absolute Gasteiger partial charge is 0.452 e. The highest BCUT2D eigenvalue weighted by Crippen LogP contribution is 2.38. The number of esters is 1. The average Bonchev–Trinajstić information content (AvgIpc) is 3.26. The fourth-order valence-corrected chi connectivity index (χ4v) is 4.46. The molecule has 0 spiro atoms. The highest BCUT2D eigenvalue weighted by molar-refractivity contribution is 7.17. The van der Waals surface area contributed by atoms with E-state index in [4.69, 9.17) is 10.5 Å². The van der Waals surface area contributed by atoms with Gasteiger partial charge in [-0.05, 0) is 42.5 Å². The van der Waals surface area contributed by atoms with Crippen LogP contribution in [-0.2, 0) is 33.7 Å². The molecule has 0 fully saturated rings. The zero-order chi connectivity index (χ0) is 22.6. The third kappa shape index (κ3) is 6.05. The summed E-state index contributed by atoms with van der Waals surface area (Å²) in [5.74, 6) is -2.01. The number of rotatable bonds is 8. The lowest BCUT2D eigenvalue weighted by Crippen LogP contribution is -2.22. The van der Waals surface area contributed by atoms with Crippen molar-refractivity contribution in [2.45, 2.75) is 32.0 Å². The van der Waals surface area contributed by atoms with Crippen LogP contribution in [0.5, 0.6) is 0 Å². The minimum absolute atomic E-state index is 0.125. The van der Waals surface area contributed by atoms with E-state index >= 15 is 0 Å². The van der Waals surface area contributed by atoms with E-state index < -0.39 is 37.2 Å². The van der Waals surface area contributed by atoms with Crippen LogP contribution in [0.2, 0.25) is 0 Å². The van der Waals surface area contributed by atoms with Gasteiger partial charge in [-0.25, -0.2) is 4.79 Å². The number of halogens is 3. The fraction of sp³-hybridized carbons (Fsp3) is 0.350. The van der Waals surface area contributed by atoms with E-state index in [-0.39, 0.29) is 12.2 Å². The van der Waals surface area contributed by atoms with Crippen LogP contribution in [0.3, 0.4) is 0 Å². The summed E-state index contributed by atoms with van der Waals surface area (Å²) in [7, 11) is 0. The van der Waals surface area contributed by atoms with Crippen molar-refractivity contribution < 1.29 is 37.0 Å². The van der Waals surface area contributed by atoms with Crippen molar-refractivity contribution in [3.63, 3.8) is 0 Å². The van der Waals surface area contributed by atoms with Gasteiger partial charge >= 0.3 is 12.1 Å². The summed E-state index contributed by atoms with van der Waals surface area (Å²) in [5.41, 5.74) is 7.18. The van der Waals surface area contributed by atoms with Crippen LogP contribution >= 0.6 is 11.3 Å². The number of hydrogen-bond acceptors (Lipinski definition) is 6. The second-order valence-electron chi connectivity index (χ2n) is 6.85. The van der Waals surface area contributed by atoms with E-state index in [1.165, 1.54) is 35.6 Å². The van der Waals surface area contributed by atoms with E-state index in [1.807, 2.05) is 0 Å². The smallest absolute Gasteiger partial charge is 0.411 e. The van der Waals surface area contributed by atoms with Gasteiger partial charge in [0.1, 0.15) is 11.6 Å². The van der Waals surface area contributed by atoms with Gasteiger partial charge in [0.05, 0.1) is 17.7 Å². The Bertz CT molecular complexity index is 986. The molecule has 1 aliphatic rings. The lowest BCUT2D eigenvalue weighted by atomic mass is 10.1. The van der Waals surface area contributed by atoms with Gasteiger partial charge in [-0.1, -0.05) is 12.1 Å². The molecule has 0 saturated carbocycles. The van der Waals surface area contributed by atoms with E-state index in [0.29, 0.717) is 16.1 Å². The molecule has 1 aromatic heterocycles. The Labute approximate surface area is 179 Å². The SMILES string of the molecule is NC(=O)c1c(NC(=O)COC(=O)c2ccc(COCC(F)(F)F)cc2)sc2c1CCC2. The summed E-state index contributed by atoms with van der Waals surface area (Å²) in [6.07, 6.45) is -1.93. The van der Waals surface area contributed by atoms with Crippen molar-refractivity contribution in [3.05, 3.63) is 51.4 Å². The predicted octanol–water partition coefficient (Wildman–Crippen LogP) is 3.21. The number of hydrogen-bond donors (Lipinski definition) is 2. The second-order valence-corrected chi connectivity index (χ2v) is 7.96. The Balaban J connectivity index is 1.51. The summed E-state index contributed by atoms with van der Waals surface area (Å²) in [5, 5.41) is 2.91. The van der Waals surface area contributed by atoms with Crippen molar-refractivity contribution >= 4 is 34.1 Å². The molecule has 0 aliphatic heterocycles. The standard InChI is InChI=1S/C20H19F3N2O5S/c21-20(22,23)10-29-8-11-4-6-12(7-5-11)19(28)30-9-15(26)25-18-16(17(24)27)13-2-1-3-14(13)31-18/h4-7H,1-3,8-10H2,(H2,24,27)(H,25,26). The van der Waals surface area contributed by atoms with Crippen molar-refractivity contribution in [2.24, 2.45) is 5.73 Å². The number of benzene rings is 1. The third-order valence-electron chi connectivity index (χ3n) is 4.48. The quantitative estimate of drug-likeness (QED) is 0.593. The van der Waals surface area contributed by atoms with E-state index in [2.05, 4.69) is 10.1 Å². The number of aryl methyl sites for hydroxylation is 1. The Morgan fingerprint density at radius 1 is 1.13 bits per heavy atom. The molecule has 0 atom stereocenters. The lowest BCUT2D eigenvalue weighted by molar-refractivity contribution is -0.176. The molecule has 1 aliphatic carbocycles. The fourth-order valence-electron chi connectivity index (χ4n) is 3.15. The Hall–Kier alpha value is -2.92. The first-order chi connectivity index (χ1) is 14.6. The molecule has 166 valence electrons. The maximum atomic E-state index is 12.2. The lowest BCUT2D eigenvalue weighted by Gasteiger charge is -2.09. The Morgan fingerprint density at radius 3 is 2.48 bits per heavy atom. The number of amides is 2. The molecule has 0 saturated heterocycles. The monoisotopic (exact) mass is 456 g/mol. The summed E-state index contributed by atoms with van der Waals surface area (Å²) in [6, 6.07) is 5.59. The number of anilines is 1. The summed E-state index contributed by atoms with van der Waals surface area (Å²) < 4.78 is 45.7. The number of thiophene rings is 1. The zero-order valence-electron chi connectivity index (χ0n) is 16.2. The number of carbonyl (C=O) groups excluding carboxylic acids is 3. The van der Waals surface area contributed by atoms with Gasteiger partial charge in [0.25, 0.3) is 11.8 Å². The first-order valence-electron chi connectivity index (χ1n) is 9.29. The van der Waals surface area contributed by atoms with Crippen LogP contribution in [0.4, 0.5) is 18.2 Å². The highest BCUT2D eigenvalue weighted by Gasteiger charge is 2.27. The summed E-state index contributed by atoms with van der Waals surface area (Å²) in [4.78, 5) is 37.0. The topological polar surface area (TPSA) is 108 Å². The van der Waals surface area contributed by atoms with Gasteiger partial charge in [-0.15, -0.1) is 11.3 Å². The zero-order valence-corrected chi connectivity index (χ0v) is 17.0. The molecule has 7 nitrogen and oxygen atoms in total. The van der Waals surface area contributed by atoms with Gasteiger partial charge in [0, 0.05) is 4.88 Å². The van der Waals surface area contributed by atoms with E-state index in [1.54, 1.807) is 0 Å². The van der Waals surface area contributed by atoms with Crippen molar-refractivity contribution in [2.75, 3.05) is 18.5 Å². The highest BCUT2D eigenvalue weighted by atomic mass is 32.1. The molecule has 0 radical (unpaired) electrons. The molecule has 3 N–H and O–H groups in total. The molecule has 1 aromatic carbocycles. The number of alkyl halides is 3. The average molecular weight is 456 g/mol. The van der Waals surface area contributed by atoms with Crippen molar-refractivity contribution in [1.82, 2.24) is 0 Å². The second kappa shape index (κ2) is 9.48. The van der Waals surface area contributed by atoms with Crippen LogP contribution in [0.1, 0.15) is 43.1 Å². The summed E-state index contributed by atoms with van der Waals surface area (Å²) in [6.45, 7) is -2.20. The molecular weight excluding hydrogens is 437 g/mol. The third-order valence-corrected chi connectivity index (χ3v) is 5.69. The molecule has 11 heteroatoms. The molecule has 3 rings (SSSR count). The number of nitrogens with one attached hydrogen (secondary N) is 1. The Kier molecular flexibility index (Phi) is 6.96. The number of fused-ring (bicyclic) bond motifs is 1. The molecule has 0 unspecified atom stereocenters. The Morgan fingerprint density at radius 2 is 1.84 bits per heavy atom. The van der Waals surface area contributed by atoms with Gasteiger partial charge in [0.2, 0.25) is 0 Å². The van der Waals surface area contributed by atoms with E-state index in [0.717, 1.165) is 29.7 Å². The first kappa shape index (κ1) is 22.8. The van der Waals surface area contributed by atoms with Crippen molar-refractivity contribution in [3.8, 4) is 0 Å². The van der Waals surface area contributed by atoms with Crippen LogP contribution in [-0.4, -0.2) is 37.2 Å². The molecule has 0 bridgehead atoms. The van der Waals surface area contributed by atoms with Crippen LogP contribution in [0, 0.1) is 0 Å². The molecule has 1 heterocycles. The number of carbonyl (C=O) groups is 3. The molecule has 2 amide bonds. The maximum absolute atomic E-state index is 12.2. The molecule has 2 aromatic rings. The minimum atomic E-state index is -4.41. The van der Waals surface area contributed by atoms with Crippen molar-refractivity contribution in [1.29, 1.82) is 0 Å². The maximum Gasteiger partial charge on any atom is 0.411 e. The van der Waals surface area contributed by atoms with Gasteiger partial charge < -0.3 is 20.5 Å². The summed E-state index contributed by atoms with van der Waals surface area (Å²) >= 11 is 1.29. The van der Waals surface area contributed by atoms with Gasteiger partial charge in [-0.3, -0.25) is 9.59 Å². The first-order valence-corrected chi connectivity index (χ1v) is 10.1. The number of ether oxygens (including phenoxy) is 2. The molecule has 31 heavy (non-hydrogen) atoms. The van der Waals surface area contributed by atoms with Gasteiger partial charge in [-0.2, -0.15) is 13.2 Å². The number of nitrogens with two attached hydrogens (primary N) is 1. The molecular formula is C20H19F3N2O5S. The minimum Gasteiger partial charge on any atom is -0.452 e. The normalized spacial score (nSPS) is 13.0. The van der Waals surface area contributed by atoms with Crippen LogP contribution in [0.25, 0.3) is 0 Å². The van der Waals surface area contributed by atoms with Crippen LogP contribution < -0.4 is 11.1 Å². The predicted molar refractivity (Wildman–Crippen MR) is 106 cm³/mol. The number of primary amides is 1. The van der Waals surface area contributed by atoms with E-state index in [9.17, 15) is 27.6 Å².